The maximum absolute atomic E-state index is 11.0. The Hall–Kier alpha value is -2.55. The molecule has 0 aliphatic carbocycles. The molecule has 0 bridgehead atoms. The lowest BCUT2D eigenvalue weighted by Gasteiger charge is -2.01. The van der Waals surface area contributed by atoms with Crippen LogP contribution < -0.4 is 0 Å². The monoisotopic (exact) mass is 393 g/mol. The van der Waals surface area contributed by atoms with E-state index in [9.17, 15) is 10.1 Å². The molecule has 0 radical (unpaired) electrons. The van der Waals surface area contributed by atoms with Crippen LogP contribution in [0.2, 0.25) is 10.0 Å². The summed E-state index contributed by atoms with van der Waals surface area (Å²) in [5.41, 5.74) is 1.07. The average molecular weight is 394 g/mol. The van der Waals surface area contributed by atoms with Crippen LogP contribution in [0.5, 0.6) is 0 Å². The van der Waals surface area contributed by atoms with Crippen molar-refractivity contribution in [3.63, 3.8) is 0 Å². The van der Waals surface area contributed by atoms with Gasteiger partial charge < -0.3 is 0 Å². The second-order valence-electron chi connectivity index (χ2n) is 4.88. The van der Waals surface area contributed by atoms with Gasteiger partial charge in [0.2, 0.25) is 4.77 Å². The molecule has 3 aromatic rings. The minimum atomic E-state index is -0.553. The van der Waals surface area contributed by atoms with Gasteiger partial charge in [0, 0.05) is 22.2 Å². The average Bonchev–Trinajstić information content (AvgIpc) is 2.95. The summed E-state index contributed by atoms with van der Waals surface area (Å²) in [4.78, 5) is 10.4. The maximum Gasteiger partial charge on any atom is 0.288 e. The SMILES string of the molecule is O=[N+]([O-])c1cc(/C=N\n2c(-c3ccc(Cl)cc3)n[nH]c2=S)ccc1Cl. The van der Waals surface area contributed by atoms with Crippen molar-refractivity contribution in [2.75, 3.05) is 0 Å². The summed E-state index contributed by atoms with van der Waals surface area (Å²) in [6.07, 6.45) is 1.44. The molecule has 1 heterocycles. The number of aromatic amines is 1. The van der Waals surface area contributed by atoms with E-state index in [-0.39, 0.29) is 15.5 Å². The van der Waals surface area contributed by atoms with Crippen LogP contribution in [0.4, 0.5) is 5.69 Å². The zero-order valence-corrected chi connectivity index (χ0v) is 14.7. The number of nitro groups is 1. The topological polar surface area (TPSA) is 89.1 Å². The van der Waals surface area contributed by atoms with E-state index in [0.29, 0.717) is 16.4 Å². The fraction of sp³-hybridized carbons (Fsp3) is 0. The number of H-pyrrole nitrogens is 1. The quantitative estimate of drug-likeness (QED) is 0.301. The van der Waals surface area contributed by atoms with Gasteiger partial charge in [-0.3, -0.25) is 10.1 Å². The molecule has 1 N–H and O–H groups in total. The molecule has 3 rings (SSSR count). The minimum Gasteiger partial charge on any atom is -0.258 e. The van der Waals surface area contributed by atoms with Gasteiger partial charge in [-0.05, 0) is 42.5 Å². The third-order valence-electron chi connectivity index (χ3n) is 3.24. The number of nitrogens with one attached hydrogen (secondary N) is 1. The molecule has 0 aliphatic rings. The van der Waals surface area contributed by atoms with E-state index in [1.165, 1.54) is 23.0 Å². The van der Waals surface area contributed by atoms with E-state index in [0.717, 1.165) is 5.56 Å². The Labute approximate surface area is 156 Å². The van der Waals surface area contributed by atoms with Crippen molar-refractivity contribution in [1.82, 2.24) is 14.9 Å². The number of nitrogens with zero attached hydrogens (tertiary/aromatic N) is 4. The predicted octanol–water partition coefficient (Wildman–Crippen LogP) is 4.70. The molecule has 0 saturated heterocycles. The molecule has 0 fully saturated rings. The second-order valence-corrected chi connectivity index (χ2v) is 6.11. The summed E-state index contributed by atoms with van der Waals surface area (Å²) in [5.74, 6) is 0.487. The van der Waals surface area contributed by atoms with Crippen molar-refractivity contribution in [2.24, 2.45) is 5.10 Å². The first-order valence-electron chi connectivity index (χ1n) is 6.87. The van der Waals surface area contributed by atoms with Crippen molar-refractivity contribution >= 4 is 47.3 Å². The second kappa shape index (κ2) is 7.14. The number of nitro benzene ring substituents is 1. The van der Waals surface area contributed by atoms with E-state index in [2.05, 4.69) is 15.3 Å². The Morgan fingerprint density at radius 3 is 2.64 bits per heavy atom. The van der Waals surface area contributed by atoms with Gasteiger partial charge in [-0.15, -0.1) is 0 Å². The Kier molecular flexibility index (Phi) is 4.93. The van der Waals surface area contributed by atoms with Crippen LogP contribution in [-0.2, 0) is 0 Å². The molecule has 0 aliphatic heterocycles. The first-order valence-corrected chi connectivity index (χ1v) is 8.04. The van der Waals surface area contributed by atoms with Crippen LogP contribution >= 0.6 is 35.4 Å². The van der Waals surface area contributed by atoms with Crippen LogP contribution in [0.1, 0.15) is 5.56 Å². The van der Waals surface area contributed by atoms with Gasteiger partial charge in [0.05, 0.1) is 11.1 Å². The van der Waals surface area contributed by atoms with Crippen LogP contribution in [0.3, 0.4) is 0 Å². The number of benzene rings is 2. The number of hydrogen-bond acceptors (Lipinski definition) is 5. The molecule has 0 atom stereocenters. The highest BCUT2D eigenvalue weighted by Gasteiger charge is 2.12. The Bertz CT molecular complexity index is 1030. The zero-order chi connectivity index (χ0) is 18.0. The summed E-state index contributed by atoms with van der Waals surface area (Å²) in [5, 5.41) is 22.7. The van der Waals surface area contributed by atoms with Crippen LogP contribution in [0.25, 0.3) is 11.4 Å². The standard InChI is InChI=1S/C15H9Cl2N5O2S/c16-11-4-2-10(3-5-11)14-19-20-15(25)21(14)18-8-9-1-6-12(17)13(7-9)22(23)24/h1-8H,(H,20,25)/b18-8-. The van der Waals surface area contributed by atoms with Gasteiger partial charge in [0.25, 0.3) is 5.69 Å². The first kappa shape index (κ1) is 17.3. The molecule has 2 aromatic carbocycles. The summed E-state index contributed by atoms with van der Waals surface area (Å²) in [6.45, 7) is 0. The molecule has 0 spiro atoms. The Morgan fingerprint density at radius 2 is 1.96 bits per heavy atom. The largest absolute Gasteiger partial charge is 0.288 e. The van der Waals surface area contributed by atoms with Crippen LogP contribution in [0, 0.1) is 14.9 Å². The highest BCUT2D eigenvalue weighted by atomic mass is 35.5. The third kappa shape index (κ3) is 3.76. The Morgan fingerprint density at radius 1 is 1.24 bits per heavy atom. The number of halogens is 2. The lowest BCUT2D eigenvalue weighted by molar-refractivity contribution is -0.384. The van der Waals surface area contributed by atoms with Gasteiger partial charge in [-0.2, -0.15) is 14.9 Å². The smallest absolute Gasteiger partial charge is 0.258 e. The highest BCUT2D eigenvalue weighted by Crippen LogP contribution is 2.24. The highest BCUT2D eigenvalue weighted by molar-refractivity contribution is 7.71. The maximum atomic E-state index is 11.0. The lowest BCUT2D eigenvalue weighted by Crippen LogP contribution is -1.96. The molecular formula is C15H9Cl2N5O2S. The van der Waals surface area contributed by atoms with E-state index in [1.54, 1.807) is 30.3 Å². The van der Waals surface area contributed by atoms with Crippen LogP contribution in [0.15, 0.2) is 47.6 Å². The summed E-state index contributed by atoms with van der Waals surface area (Å²) >= 11 is 16.9. The molecule has 126 valence electrons. The van der Waals surface area contributed by atoms with E-state index >= 15 is 0 Å². The number of hydrogen-bond donors (Lipinski definition) is 1. The van der Waals surface area contributed by atoms with Crippen molar-refractivity contribution in [3.05, 3.63) is 73.0 Å². The third-order valence-corrected chi connectivity index (χ3v) is 4.08. The first-order chi connectivity index (χ1) is 12.0. The van der Waals surface area contributed by atoms with E-state index in [4.69, 9.17) is 35.4 Å². The molecule has 0 saturated carbocycles. The fourth-order valence-electron chi connectivity index (χ4n) is 2.06. The fourth-order valence-corrected chi connectivity index (χ4v) is 2.55. The number of rotatable bonds is 4. The lowest BCUT2D eigenvalue weighted by atomic mass is 10.2. The molecule has 0 amide bonds. The van der Waals surface area contributed by atoms with Gasteiger partial charge in [0.15, 0.2) is 5.82 Å². The molecule has 1 aromatic heterocycles. The van der Waals surface area contributed by atoms with Crippen molar-refractivity contribution < 1.29 is 4.92 Å². The van der Waals surface area contributed by atoms with Gasteiger partial charge in [-0.1, -0.05) is 29.3 Å². The Balaban J connectivity index is 1.99. The summed E-state index contributed by atoms with van der Waals surface area (Å²) < 4.78 is 1.70. The normalized spacial score (nSPS) is 11.1. The molecule has 7 nitrogen and oxygen atoms in total. The van der Waals surface area contributed by atoms with Gasteiger partial charge in [-0.25, -0.2) is 5.10 Å². The van der Waals surface area contributed by atoms with Gasteiger partial charge in [0.1, 0.15) is 5.02 Å². The minimum absolute atomic E-state index is 0.0592. The predicted molar refractivity (Wildman–Crippen MR) is 99.0 cm³/mol. The summed E-state index contributed by atoms with van der Waals surface area (Å²) in [7, 11) is 0. The molecular weight excluding hydrogens is 385 g/mol. The van der Waals surface area contributed by atoms with Crippen molar-refractivity contribution in [3.8, 4) is 11.4 Å². The molecule has 25 heavy (non-hydrogen) atoms. The summed E-state index contributed by atoms with van der Waals surface area (Å²) in [6, 6.07) is 11.4. The molecule has 10 heteroatoms. The van der Waals surface area contributed by atoms with E-state index in [1.807, 2.05) is 0 Å². The van der Waals surface area contributed by atoms with Crippen molar-refractivity contribution in [2.45, 2.75) is 0 Å². The number of aromatic nitrogens is 3. The molecule has 0 unspecified atom stereocenters. The van der Waals surface area contributed by atoms with Crippen molar-refractivity contribution in [1.29, 1.82) is 0 Å². The van der Waals surface area contributed by atoms with E-state index < -0.39 is 4.92 Å². The zero-order valence-electron chi connectivity index (χ0n) is 12.4. The van der Waals surface area contributed by atoms with Crippen LogP contribution in [-0.4, -0.2) is 26.0 Å². The van der Waals surface area contributed by atoms with Gasteiger partial charge >= 0.3 is 0 Å².